The maximum absolute atomic E-state index is 11.2. The molecule has 62 heavy (non-hydrogen) atoms. The van der Waals surface area contributed by atoms with Crippen LogP contribution in [0.25, 0.3) is 10.8 Å². The average molecular weight is 885 g/mol. The number of hydrogen-bond donors (Lipinski definition) is 2. The molecule has 0 fully saturated rings. The van der Waals surface area contributed by atoms with Crippen molar-refractivity contribution in [2.75, 3.05) is 5.75 Å². The van der Waals surface area contributed by atoms with Crippen LogP contribution in [0.5, 0.6) is 0 Å². The van der Waals surface area contributed by atoms with E-state index in [-0.39, 0.29) is 0 Å². The summed E-state index contributed by atoms with van der Waals surface area (Å²) in [5.41, 5.74) is 6.81. The second-order valence-electron chi connectivity index (χ2n) is 13.8. The van der Waals surface area contributed by atoms with Gasteiger partial charge in [0.2, 0.25) is 6.43 Å². The number of halogens is 2. The summed E-state index contributed by atoms with van der Waals surface area (Å²) >= 11 is 0. The molecule has 0 radical (unpaired) electrons. The summed E-state index contributed by atoms with van der Waals surface area (Å²) in [5.74, 6) is -1.75. The molecule has 8 aromatic carbocycles. The second kappa shape index (κ2) is 25.2. The number of carboxylic acids is 1. The third-order valence-electron chi connectivity index (χ3n) is 9.32. The normalized spacial score (nSPS) is 11.2. The zero-order valence-electron chi connectivity index (χ0n) is 33.8. The lowest BCUT2D eigenvalue weighted by Gasteiger charge is -2.18. The van der Waals surface area contributed by atoms with Crippen molar-refractivity contribution in [2.45, 2.75) is 24.2 Å². The van der Waals surface area contributed by atoms with Crippen molar-refractivity contribution in [1.82, 2.24) is 0 Å². The summed E-state index contributed by atoms with van der Waals surface area (Å²) in [5, 5.41) is 13.4. The van der Waals surface area contributed by atoms with Crippen LogP contribution in [0.4, 0.5) is 8.78 Å². The van der Waals surface area contributed by atoms with Gasteiger partial charge in [-0.05, 0) is 49.7 Å². The van der Waals surface area contributed by atoms with Crippen LogP contribution < -0.4 is 10.6 Å². The highest BCUT2D eigenvalue weighted by Gasteiger charge is 2.16. The van der Waals surface area contributed by atoms with E-state index >= 15 is 0 Å². The molecule has 0 aromatic heterocycles. The second-order valence-corrected chi connectivity index (χ2v) is 18.3. The molecule has 0 spiro atoms. The number of carboxylic acid groups (broad SMARTS) is 1. The summed E-state index contributed by atoms with van der Waals surface area (Å²) in [6.45, 7) is 0. The molecule has 0 aliphatic heterocycles. The van der Waals surface area contributed by atoms with Gasteiger partial charge in [0.05, 0.1) is 11.3 Å². The van der Waals surface area contributed by atoms with E-state index in [1.807, 2.05) is 30.3 Å². The van der Waals surface area contributed by atoms with E-state index in [0.29, 0.717) is 16.9 Å². The van der Waals surface area contributed by atoms with E-state index in [2.05, 4.69) is 182 Å². The molecule has 0 aliphatic rings. The Morgan fingerprint density at radius 3 is 1.11 bits per heavy atom. The van der Waals surface area contributed by atoms with Crippen LogP contribution in [0.2, 0.25) is 0 Å². The highest BCUT2D eigenvalue weighted by Crippen LogP contribution is 2.40. The minimum Gasteiger partial charge on any atom is -0.478 e. The fourth-order valence-corrected chi connectivity index (χ4v) is 9.70. The van der Waals surface area contributed by atoms with Crippen LogP contribution in [0.1, 0.15) is 50.4 Å². The minimum absolute atomic E-state index is 0.359. The number of hydrogen-bond acceptors (Lipinski definition) is 3. The van der Waals surface area contributed by atoms with Crippen LogP contribution in [-0.2, 0) is 10.1 Å². The van der Waals surface area contributed by atoms with Crippen LogP contribution in [0.3, 0.4) is 0 Å². The van der Waals surface area contributed by atoms with Crippen molar-refractivity contribution in [3.05, 3.63) is 252 Å². The van der Waals surface area contributed by atoms with Gasteiger partial charge in [0.25, 0.3) is 10.1 Å². The molecule has 2 N–H and O–H groups in total. The number of carbonyl (C=O) groups is 1. The number of rotatable bonds is 12. The molecule has 2 atom stereocenters. The molecule has 8 aromatic rings. The molecule has 0 bridgehead atoms. The highest BCUT2D eigenvalue weighted by molar-refractivity contribution is 7.85. The minimum atomic E-state index is -4.20. The molecule has 0 amide bonds. The number of alkyl halides is 2. The molecule has 0 aliphatic carbocycles. The lowest BCUT2D eigenvalue weighted by molar-refractivity contribution is 0.0699. The summed E-state index contributed by atoms with van der Waals surface area (Å²) < 4.78 is 49.8. The van der Waals surface area contributed by atoms with E-state index in [1.165, 1.54) is 32.9 Å². The first-order valence-corrected chi connectivity index (χ1v) is 23.6. The van der Waals surface area contributed by atoms with Gasteiger partial charge in [-0.3, -0.25) is 4.55 Å². The Balaban J connectivity index is 0.000000163. The van der Waals surface area contributed by atoms with Gasteiger partial charge < -0.3 is 5.11 Å². The number of fused-ring (bicyclic) bond motifs is 1. The smallest absolute Gasteiger partial charge is 0.336 e. The van der Waals surface area contributed by atoms with E-state index in [0.717, 1.165) is 27.9 Å². The van der Waals surface area contributed by atoms with Gasteiger partial charge in [0.15, 0.2) is 0 Å². The third kappa shape index (κ3) is 16.2. The quantitative estimate of drug-likeness (QED) is 0.0942. The van der Waals surface area contributed by atoms with Crippen molar-refractivity contribution in [2.24, 2.45) is 0 Å². The average Bonchev–Trinajstić information content (AvgIpc) is 3.31. The van der Waals surface area contributed by atoms with Gasteiger partial charge in [-0.2, -0.15) is 8.42 Å². The Morgan fingerprint density at radius 2 is 0.790 bits per heavy atom. The van der Waals surface area contributed by atoms with Crippen LogP contribution in [-0.4, -0.2) is 36.2 Å². The van der Waals surface area contributed by atoms with Gasteiger partial charge in [-0.15, -0.1) is 0 Å². The zero-order chi connectivity index (χ0) is 44.0. The molecule has 5 nitrogen and oxygen atoms in total. The van der Waals surface area contributed by atoms with E-state index in [4.69, 9.17) is 9.66 Å². The Hall–Kier alpha value is -5.88. The molecule has 0 saturated heterocycles. The molecule has 316 valence electrons. The standard InChI is InChI=1S/2C19H17P.C11H8O2.C3H6F2O3S/c2*1-4-10-16(11-5-1)19(17-12-6-2-7-13-17)20-18-14-8-3-9-15-18;12-11(13)10-7-3-5-8-4-1-2-6-9(8)10;4-3(5)1-2-9(6,7)8/h2*1-15,19-20H;1-7H,(H,12,13);3H,1-2H2,(H,6,7,8). The van der Waals surface area contributed by atoms with Crippen molar-refractivity contribution in [1.29, 1.82) is 0 Å². The number of benzene rings is 8. The van der Waals surface area contributed by atoms with Crippen molar-refractivity contribution >= 4 is 54.6 Å². The van der Waals surface area contributed by atoms with Crippen LogP contribution in [0.15, 0.2) is 224 Å². The van der Waals surface area contributed by atoms with Gasteiger partial charge in [0.1, 0.15) is 0 Å². The summed E-state index contributed by atoms with van der Waals surface area (Å²) in [4.78, 5) is 10.8. The summed E-state index contributed by atoms with van der Waals surface area (Å²) in [6, 6.07) is 77.4. The Bertz CT molecular complexity index is 2400. The molecule has 8 rings (SSSR count). The monoisotopic (exact) mass is 884 g/mol. The Morgan fingerprint density at radius 1 is 0.468 bits per heavy atom. The maximum atomic E-state index is 11.2. The fourth-order valence-electron chi connectivity index (χ4n) is 6.35. The molecule has 10 heteroatoms. The predicted molar refractivity (Wildman–Crippen MR) is 256 cm³/mol. The zero-order valence-corrected chi connectivity index (χ0v) is 36.6. The lowest BCUT2D eigenvalue weighted by atomic mass is 10.0. The van der Waals surface area contributed by atoms with Crippen LogP contribution >= 0.6 is 17.2 Å². The summed E-state index contributed by atoms with van der Waals surface area (Å²) in [7, 11) is -2.70. The largest absolute Gasteiger partial charge is 0.478 e. The topological polar surface area (TPSA) is 91.7 Å². The third-order valence-corrected chi connectivity index (χ3v) is 13.3. The molecule has 0 heterocycles. The predicted octanol–water partition coefficient (Wildman–Crippen LogP) is 12.6. The maximum Gasteiger partial charge on any atom is 0.336 e. The van der Waals surface area contributed by atoms with Gasteiger partial charge >= 0.3 is 5.97 Å². The lowest BCUT2D eigenvalue weighted by Crippen LogP contribution is -2.07. The Labute approximate surface area is 366 Å². The molecule has 2 unspecified atom stereocenters. The van der Waals surface area contributed by atoms with Gasteiger partial charge in [-0.1, -0.05) is 236 Å². The molecule has 0 saturated carbocycles. The first-order chi connectivity index (χ1) is 30.1. The SMILES string of the molecule is O=C(O)c1cccc2ccccc12.O=S(=O)(O)CCC(F)F.c1ccc(PC(c2ccccc2)c2ccccc2)cc1.c1ccc(PC(c2ccccc2)c2ccccc2)cc1. The fraction of sp³-hybridized carbons (Fsp3) is 0.0962. The first-order valence-electron chi connectivity index (χ1n) is 19.8. The van der Waals surface area contributed by atoms with E-state index < -0.39 is 34.7 Å². The summed E-state index contributed by atoms with van der Waals surface area (Å²) in [6.07, 6.45) is -3.48. The molecular formula is C52H48F2O5P2S. The van der Waals surface area contributed by atoms with Gasteiger partial charge in [0, 0.05) is 17.7 Å². The highest BCUT2D eigenvalue weighted by atomic mass is 32.2. The van der Waals surface area contributed by atoms with Crippen molar-refractivity contribution in [3.8, 4) is 0 Å². The van der Waals surface area contributed by atoms with E-state index in [9.17, 15) is 22.0 Å². The number of aromatic carboxylic acids is 1. The molecular weight excluding hydrogens is 837 g/mol. The Kier molecular flexibility index (Phi) is 19.1. The van der Waals surface area contributed by atoms with Crippen molar-refractivity contribution in [3.63, 3.8) is 0 Å². The van der Waals surface area contributed by atoms with E-state index in [1.54, 1.807) is 12.1 Å². The van der Waals surface area contributed by atoms with Crippen LogP contribution in [0, 0.1) is 0 Å². The first kappa shape index (κ1) is 47.2. The van der Waals surface area contributed by atoms with Gasteiger partial charge in [-0.25, -0.2) is 13.6 Å². The van der Waals surface area contributed by atoms with Crippen molar-refractivity contribution < 1.29 is 31.7 Å².